The van der Waals surface area contributed by atoms with Crippen LogP contribution in [0.1, 0.15) is 11.1 Å². The summed E-state index contributed by atoms with van der Waals surface area (Å²) in [6, 6.07) is 6.37. The van der Waals surface area contributed by atoms with Crippen LogP contribution in [0.25, 0.3) is 0 Å². The fourth-order valence-electron chi connectivity index (χ4n) is 3.25. The molecule has 0 saturated heterocycles. The van der Waals surface area contributed by atoms with Crippen LogP contribution in [-0.4, -0.2) is 47.5 Å². The van der Waals surface area contributed by atoms with Gasteiger partial charge < -0.3 is 34.6 Å². The van der Waals surface area contributed by atoms with Crippen LogP contribution in [0.5, 0.6) is 28.7 Å². The summed E-state index contributed by atoms with van der Waals surface area (Å²) in [4.78, 5) is 10.3. The van der Waals surface area contributed by atoms with Crippen LogP contribution in [0.4, 0.5) is 0 Å². The summed E-state index contributed by atoms with van der Waals surface area (Å²) in [5.41, 5.74) is 0.523. The van der Waals surface area contributed by atoms with Crippen LogP contribution >= 0.6 is 0 Å². The molecule has 4 N–H and O–H groups in total. The Hall–Kier alpha value is -2.72. The van der Waals surface area contributed by atoms with E-state index in [1.54, 1.807) is 0 Å². The molecule has 9 nitrogen and oxygen atoms in total. The second kappa shape index (κ2) is 6.78. The molecular weight excluding hydrogens is 360 g/mol. The average molecular weight is 380 g/mol. The first-order valence-corrected chi connectivity index (χ1v) is 7.91. The van der Waals surface area contributed by atoms with Crippen LogP contribution in [0.3, 0.4) is 0 Å². The number of phenols is 4. The van der Waals surface area contributed by atoms with Crippen LogP contribution < -0.4 is 4.74 Å². The van der Waals surface area contributed by atoms with Gasteiger partial charge in [0.2, 0.25) is 0 Å². The molecule has 2 atom stereocenters. The number of hydrogen-bond donors (Lipinski definition) is 4. The minimum absolute atomic E-state index is 0.0890. The summed E-state index contributed by atoms with van der Waals surface area (Å²) in [6.07, 6.45) is -0.0890. The number of ether oxygens (including phenoxy) is 3. The van der Waals surface area contributed by atoms with Gasteiger partial charge in [0.25, 0.3) is 11.6 Å². The highest BCUT2D eigenvalue weighted by Gasteiger charge is 2.63. The zero-order valence-corrected chi connectivity index (χ0v) is 14.9. The first kappa shape index (κ1) is 19.1. The molecule has 0 fully saturated rings. The molecule has 2 aromatic carbocycles. The normalized spacial score (nSPS) is 24.3. The molecule has 9 heteroatoms. The lowest BCUT2D eigenvalue weighted by Gasteiger charge is -2.49. The van der Waals surface area contributed by atoms with Crippen molar-refractivity contribution in [2.75, 3.05) is 21.3 Å². The summed E-state index contributed by atoms with van der Waals surface area (Å²) < 4.78 is 17.2. The SMILES string of the molecule is COO[C@@]1(OC)Cc2c(O)cc(O)cc2O[C@@]1(OC)c1ccc(O)c(O)c1. The van der Waals surface area contributed by atoms with Gasteiger partial charge in [0.05, 0.1) is 7.11 Å². The van der Waals surface area contributed by atoms with Gasteiger partial charge >= 0.3 is 0 Å². The van der Waals surface area contributed by atoms with Gasteiger partial charge in [-0.1, -0.05) is 0 Å². The fourth-order valence-corrected chi connectivity index (χ4v) is 3.25. The first-order valence-electron chi connectivity index (χ1n) is 7.91. The van der Waals surface area contributed by atoms with Gasteiger partial charge in [-0.2, -0.15) is 4.89 Å². The summed E-state index contributed by atoms with van der Waals surface area (Å²) in [7, 11) is 3.92. The Morgan fingerprint density at radius 2 is 1.63 bits per heavy atom. The third-order valence-corrected chi connectivity index (χ3v) is 4.53. The molecule has 0 aromatic heterocycles. The minimum Gasteiger partial charge on any atom is -0.508 e. The van der Waals surface area contributed by atoms with Crippen molar-refractivity contribution in [1.29, 1.82) is 0 Å². The van der Waals surface area contributed by atoms with Crippen LogP contribution in [-0.2, 0) is 31.5 Å². The number of benzene rings is 2. The lowest BCUT2D eigenvalue weighted by atomic mass is 9.87. The Kier molecular flexibility index (Phi) is 4.79. The standard InChI is InChI=1S/C18H20O9/c1-23-17(27-25-3)9-12-14(21)7-11(19)8-16(12)26-18(17,24-2)10-4-5-13(20)15(22)6-10/h4-8,19-22H,9H2,1-3H3/t17-,18-/m0/s1. The van der Waals surface area contributed by atoms with Gasteiger partial charge in [-0.25, -0.2) is 4.89 Å². The zero-order valence-electron chi connectivity index (χ0n) is 14.9. The van der Waals surface area contributed by atoms with Gasteiger partial charge in [0.1, 0.15) is 17.2 Å². The van der Waals surface area contributed by atoms with Crippen molar-refractivity contribution < 1.29 is 44.4 Å². The van der Waals surface area contributed by atoms with E-state index in [9.17, 15) is 20.4 Å². The zero-order chi connectivity index (χ0) is 19.8. The molecule has 1 heterocycles. The van der Waals surface area contributed by atoms with Crippen molar-refractivity contribution in [2.24, 2.45) is 0 Å². The number of aromatic hydroxyl groups is 4. The summed E-state index contributed by atoms with van der Waals surface area (Å²) in [5.74, 6) is -4.66. The molecule has 146 valence electrons. The van der Waals surface area contributed by atoms with E-state index < -0.39 is 17.3 Å². The van der Waals surface area contributed by atoms with E-state index in [4.69, 9.17) is 24.0 Å². The summed E-state index contributed by atoms with van der Waals surface area (Å²) in [5, 5.41) is 39.6. The largest absolute Gasteiger partial charge is 0.508 e. The van der Waals surface area contributed by atoms with Gasteiger partial charge in [0.15, 0.2) is 11.5 Å². The topological polar surface area (TPSA) is 127 Å². The third kappa shape index (κ3) is 2.81. The Morgan fingerprint density at radius 1 is 0.889 bits per heavy atom. The molecule has 1 aliphatic heterocycles. The lowest BCUT2D eigenvalue weighted by Crippen LogP contribution is -2.62. The van der Waals surface area contributed by atoms with Crippen LogP contribution in [0.15, 0.2) is 30.3 Å². The van der Waals surface area contributed by atoms with E-state index in [-0.39, 0.29) is 35.0 Å². The maximum Gasteiger partial charge on any atom is 0.295 e. The average Bonchev–Trinajstić information content (AvgIpc) is 2.64. The van der Waals surface area contributed by atoms with E-state index in [1.165, 1.54) is 45.6 Å². The van der Waals surface area contributed by atoms with Crippen LogP contribution in [0, 0.1) is 0 Å². The lowest BCUT2D eigenvalue weighted by molar-refractivity contribution is -0.490. The molecule has 27 heavy (non-hydrogen) atoms. The Bertz CT molecular complexity index is 853. The van der Waals surface area contributed by atoms with Gasteiger partial charge in [0, 0.05) is 43.9 Å². The quantitative estimate of drug-likeness (QED) is 0.266. The van der Waals surface area contributed by atoms with E-state index in [1.807, 2.05) is 0 Å². The maximum atomic E-state index is 10.2. The van der Waals surface area contributed by atoms with Gasteiger partial charge in [-0.15, -0.1) is 0 Å². The van der Waals surface area contributed by atoms with E-state index >= 15 is 0 Å². The number of phenolic OH excluding ortho intramolecular Hbond substituents is 4. The molecule has 2 aromatic rings. The number of fused-ring (bicyclic) bond motifs is 1. The van der Waals surface area contributed by atoms with Crippen molar-refractivity contribution in [1.82, 2.24) is 0 Å². The maximum absolute atomic E-state index is 10.2. The Morgan fingerprint density at radius 3 is 2.22 bits per heavy atom. The minimum atomic E-state index is -1.82. The molecule has 0 spiro atoms. The Labute approximate surface area is 154 Å². The van der Waals surface area contributed by atoms with Crippen molar-refractivity contribution in [3.05, 3.63) is 41.5 Å². The molecule has 0 radical (unpaired) electrons. The predicted octanol–water partition coefficient (Wildman–Crippen LogP) is 1.86. The number of rotatable bonds is 5. The molecule has 0 aliphatic carbocycles. The monoisotopic (exact) mass is 380 g/mol. The Balaban J connectivity index is 2.28. The number of methoxy groups -OCH3 is 2. The van der Waals surface area contributed by atoms with Gasteiger partial charge in [-0.3, -0.25) is 0 Å². The van der Waals surface area contributed by atoms with Crippen molar-refractivity contribution in [3.8, 4) is 28.7 Å². The summed E-state index contributed by atoms with van der Waals surface area (Å²) in [6.45, 7) is 0. The predicted molar refractivity (Wildman–Crippen MR) is 90.4 cm³/mol. The molecule has 3 rings (SSSR count). The van der Waals surface area contributed by atoms with E-state index in [0.29, 0.717) is 5.56 Å². The highest BCUT2D eigenvalue weighted by Crippen LogP contribution is 2.52. The summed E-state index contributed by atoms with van der Waals surface area (Å²) >= 11 is 0. The molecule has 0 unspecified atom stereocenters. The number of hydrogen-bond acceptors (Lipinski definition) is 9. The van der Waals surface area contributed by atoms with Crippen molar-refractivity contribution >= 4 is 0 Å². The molecule has 0 amide bonds. The highest BCUT2D eigenvalue weighted by molar-refractivity contribution is 5.53. The van der Waals surface area contributed by atoms with Crippen LogP contribution in [0.2, 0.25) is 0 Å². The smallest absolute Gasteiger partial charge is 0.295 e. The van der Waals surface area contributed by atoms with Crippen molar-refractivity contribution in [2.45, 2.75) is 18.0 Å². The molecule has 0 bridgehead atoms. The highest BCUT2D eigenvalue weighted by atomic mass is 17.2. The van der Waals surface area contributed by atoms with E-state index in [0.717, 1.165) is 6.07 Å². The molecular formula is C18H20O9. The van der Waals surface area contributed by atoms with Crippen molar-refractivity contribution in [3.63, 3.8) is 0 Å². The third-order valence-electron chi connectivity index (χ3n) is 4.53. The van der Waals surface area contributed by atoms with Gasteiger partial charge in [-0.05, 0) is 18.2 Å². The second-order valence-electron chi connectivity index (χ2n) is 5.95. The molecule has 1 aliphatic rings. The fraction of sp³-hybridized carbons (Fsp3) is 0.333. The first-order chi connectivity index (χ1) is 12.8. The van der Waals surface area contributed by atoms with E-state index in [2.05, 4.69) is 0 Å². The second-order valence-corrected chi connectivity index (χ2v) is 5.95. The molecule has 0 saturated carbocycles.